The van der Waals surface area contributed by atoms with Gasteiger partial charge in [0, 0.05) is 12.2 Å². The van der Waals surface area contributed by atoms with E-state index < -0.39 is 12.0 Å². The van der Waals surface area contributed by atoms with Crippen LogP contribution in [0.2, 0.25) is 0 Å². The van der Waals surface area contributed by atoms with Gasteiger partial charge in [-0.25, -0.2) is 9.59 Å². The largest absolute Gasteiger partial charge is 0.495 e. The lowest BCUT2D eigenvalue weighted by atomic mass is 9.93. The van der Waals surface area contributed by atoms with E-state index in [1.807, 2.05) is 13.0 Å². The van der Waals surface area contributed by atoms with Crippen LogP contribution in [0.4, 0.5) is 10.5 Å². The van der Waals surface area contributed by atoms with Gasteiger partial charge in [0.15, 0.2) is 0 Å². The molecular formula is C25H29N3O5. The minimum Gasteiger partial charge on any atom is -0.495 e. The van der Waals surface area contributed by atoms with Crippen molar-refractivity contribution >= 4 is 23.6 Å². The van der Waals surface area contributed by atoms with Gasteiger partial charge in [-0.05, 0) is 43.2 Å². The van der Waals surface area contributed by atoms with E-state index in [1.54, 1.807) is 54.3 Å². The van der Waals surface area contributed by atoms with Crippen LogP contribution >= 0.6 is 0 Å². The Labute approximate surface area is 193 Å². The summed E-state index contributed by atoms with van der Waals surface area (Å²) in [6.45, 7) is 4.33. The second-order valence-corrected chi connectivity index (χ2v) is 7.65. The molecule has 2 N–H and O–H groups in total. The first kappa shape index (κ1) is 23.8. The highest BCUT2D eigenvalue weighted by atomic mass is 16.5. The van der Waals surface area contributed by atoms with Crippen LogP contribution in [0.5, 0.6) is 5.75 Å². The second kappa shape index (κ2) is 10.7. The second-order valence-electron chi connectivity index (χ2n) is 7.65. The molecule has 0 spiro atoms. The summed E-state index contributed by atoms with van der Waals surface area (Å²) >= 11 is 0. The summed E-state index contributed by atoms with van der Waals surface area (Å²) in [6, 6.07) is 12.8. The number of allylic oxidation sites excluding steroid dienone is 1. The Bertz CT molecular complexity index is 1060. The van der Waals surface area contributed by atoms with Crippen LogP contribution < -0.4 is 15.4 Å². The summed E-state index contributed by atoms with van der Waals surface area (Å²) in [5.41, 5.74) is 2.59. The van der Waals surface area contributed by atoms with Crippen molar-refractivity contribution in [3.8, 4) is 5.75 Å². The van der Waals surface area contributed by atoms with E-state index in [9.17, 15) is 14.4 Å². The third kappa shape index (κ3) is 5.16. The molecule has 8 heteroatoms. The van der Waals surface area contributed by atoms with Crippen molar-refractivity contribution in [1.29, 1.82) is 0 Å². The lowest BCUT2D eigenvalue weighted by Gasteiger charge is -2.36. The number of carbonyl (C=O) groups excluding carboxylic acids is 3. The number of benzene rings is 2. The number of unbranched alkanes of at least 4 members (excludes halogenated alkanes) is 1. The average molecular weight is 452 g/mol. The number of hydrogen-bond donors (Lipinski definition) is 2. The molecule has 3 rings (SSSR count). The van der Waals surface area contributed by atoms with Crippen LogP contribution in [0.1, 0.15) is 48.7 Å². The van der Waals surface area contributed by atoms with Gasteiger partial charge in [-0.2, -0.15) is 0 Å². The maximum absolute atomic E-state index is 13.5. The molecule has 0 bridgehead atoms. The predicted molar refractivity (Wildman–Crippen MR) is 125 cm³/mol. The molecule has 33 heavy (non-hydrogen) atoms. The number of nitrogens with one attached hydrogen (secondary N) is 2. The van der Waals surface area contributed by atoms with Gasteiger partial charge in [0.1, 0.15) is 5.75 Å². The van der Waals surface area contributed by atoms with Crippen LogP contribution in [-0.4, -0.2) is 43.6 Å². The molecule has 174 valence electrons. The molecular weight excluding hydrogens is 422 g/mol. The standard InChI is InChI=1S/C25H29N3O5/c1-5-6-15-28-16(2)21(23(29)26-19-9-7-8-10-20(19)32-3)22(27-25(28)31)17-11-13-18(14-12-17)24(30)33-4/h7-14,22H,5-6,15H2,1-4H3,(H,26,29)(H,27,31)/t22-/m1/s1. The average Bonchev–Trinajstić information content (AvgIpc) is 2.83. The Morgan fingerprint density at radius 3 is 2.42 bits per heavy atom. The molecule has 0 saturated heterocycles. The molecule has 0 aromatic heterocycles. The first-order valence-electron chi connectivity index (χ1n) is 10.8. The van der Waals surface area contributed by atoms with Crippen LogP contribution in [0.15, 0.2) is 59.8 Å². The van der Waals surface area contributed by atoms with Crippen LogP contribution in [0.25, 0.3) is 0 Å². The van der Waals surface area contributed by atoms with Gasteiger partial charge >= 0.3 is 12.0 Å². The van der Waals surface area contributed by atoms with E-state index in [0.29, 0.717) is 40.4 Å². The molecule has 1 aliphatic rings. The normalized spacial score (nSPS) is 15.7. The number of amides is 3. The zero-order valence-corrected chi connectivity index (χ0v) is 19.3. The molecule has 2 aromatic rings. The van der Waals surface area contributed by atoms with Crippen molar-refractivity contribution in [2.75, 3.05) is 26.1 Å². The molecule has 3 amide bonds. The molecule has 8 nitrogen and oxygen atoms in total. The van der Waals surface area contributed by atoms with Crippen molar-refractivity contribution in [1.82, 2.24) is 10.2 Å². The van der Waals surface area contributed by atoms with Gasteiger partial charge in [-0.1, -0.05) is 37.6 Å². The van der Waals surface area contributed by atoms with Gasteiger partial charge in [-0.15, -0.1) is 0 Å². The van der Waals surface area contributed by atoms with E-state index in [4.69, 9.17) is 9.47 Å². The summed E-state index contributed by atoms with van der Waals surface area (Å²) in [6.07, 6.45) is 1.73. The summed E-state index contributed by atoms with van der Waals surface area (Å²) in [7, 11) is 2.85. The molecule has 1 atom stereocenters. The predicted octanol–water partition coefficient (Wildman–Crippen LogP) is 4.26. The van der Waals surface area contributed by atoms with Gasteiger partial charge in [0.25, 0.3) is 5.91 Å². The summed E-state index contributed by atoms with van der Waals surface area (Å²) in [5.74, 6) is -0.271. The monoisotopic (exact) mass is 451 g/mol. The number of para-hydroxylation sites is 2. The molecule has 0 saturated carbocycles. The van der Waals surface area contributed by atoms with E-state index >= 15 is 0 Å². The van der Waals surface area contributed by atoms with E-state index in [2.05, 4.69) is 10.6 Å². The number of ether oxygens (including phenoxy) is 2. The zero-order valence-electron chi connectivity index (χ0n) is 19.3. The number of rotatable bonds is 8. The van der Waals surface area contributed by atoms with Crippen molar-refractivity contribution in [3.63, 3.8) is 0 Å². The number of nitrogens with zero attached hydrogens (tertiary/aromatic N) is 1. The molecule has 2 aromatic carbocycles. The fraction of sp³-hybridized carbons (Fsp3) is 0.320. The fourth-order valence-electron chi connectivity index (χ4n) is 3.78. The van der Waals surface area contributed by atoms with Gasteiger partial charge in [0.2, 0.25) is 0 Å². The number of anilines is 1. The minimum atomic E-state index is -0.684. The molecule has 1 aliphatic heterocycles. The number of carbonyl (C=O) groups is 3. The fourth-order valence-corrected chi connectivity index (χ4v) is 3.78. The number of urea groups is 1. The highest BCUT2D eigenvalue weighted by molar-refractivity contribution is 6.07. The third-order valence-corrected chi connectivity index (χ3v) is 5.60. The smallest absolute Gasteiger partial charge is 0.337 e. The van der Waals surface area contributed by atoms with Crippen LogP contribution in [0.3, 0.4) is 0 Å². The number of esters is 1. The topological polar surface area (TPSA) is 97.0 Å². The Hall–Kier alpha value is -3.81. The Balaban J connectivity index is 2.01. The van der Waals surface area contributed by atoms with Gasteiger partial charge < -0.3 is 20.1 Å². The Kier molecular flexibility index (Phi) is 7.71. The van der Waals surface area contributed by atoms with Crippen LogP contribution in [0, 0.1) is 0 Å². The van der Waals surface area contributed by atoms with Gasteiger partial charge in [-0.3, -0.25) is 9.69 Å². The van der Waals surface area contributed by atoms with Crippen molar-refractivity contribution < 1.29 is 23.9 Å². The highest BCUT2D eigenvalue weighted by Crippen LogP contribution is 2.33. The SMILES string of the molecule is CCCCN1C(=O)N[C@H](c2ccc(C(=O)OC)cc2)C(C(=O)Nc2ccccc2OC)=C1C. The molecule has 0 aliphatic carbocycles. The van der Waals surface area contributed by atoms with E-state index in [-0.39, 0.29) is 11.9 Å². The molecule has 0 unspecified atom stereocenters. The lowest BCUT2D eigenvalue weighted by molar-refractivity contribution is -0.113. The number of methoxy groups -OCH3 is 2. The highest BCUT2D eigenvalue weighted by Gasteiger charge is 2.35. The van der Waals surface area contributed by atoms with Crippen LogP contribution in [-0.2, 0) is 9.53 Å². The maximum Gasteiger partial charge on any atom is 0.337 e. The number of hydrogen-bond acceptors (Lipinski definition) is 5. The molecule has 0 radical (unpaired) electrons. The maximum atomic E-state index is 13.5. The molecule has 1 heterocycles. The summed E-state index contributed by atoms with van der Waals surface area (Å²) < 4.78 is 10.1. The molecule has 0 fully saturated rings. The first-order chi connectivity index (χ1) is 15.9. The van der Waals surface area contributed by atoms with Crippen molar-refractivity contribution in [2.24, 2.45) is 0 Å². The first-order valence-corrected chi connectivity index (χ1v) is 10.8. The summed E-state index contributed by atoms with van der Waals surface area (Å²) in [4.78, 5) is 39.8. The zero-order chi connectivity index (χ0) is 24.0. The quantitative estimate of drug-likeness (QED) is 0.585. The Morgan fingerprint density at radius 1 is 1.09 bits per heavy atom. The van der Waals surface area contributed by atoms with Crippen molar-refractivity contribution in [2.45, 2.75) is 32.7 Å². The Morgan fingerprint density at radius 2 is 1.79 bits per heavy atom. The lowest BCUT2D eigenvalue weighted by Crippen LogP contribution is -2.48. The van der Waals surface area contributed by atoms with Crippen molar-refractivity contribution in [3.05, 3.63) is 70.9 Å². The minimum absolute atomic E-state index is 0.267. The third-order valence-electron chi connectivity index (χ3n) is 5.60. The van der Waals surface area contributed by atoms with E-state index in [1.165, 1.54) is 14.2 Å². The van der Waals surface area contributed by atoms with E-state index in [0.717, 1.165) is 12.8 Å². The van der Waals surface area contributed by atoms with Gasteiger partial charge in [0.05, 0.1) is 37.1 Å². The summed E-state index contributed by atoms with van der Waals surface area (Å²) in [5, 5.41) is 5.87.